The summed E-state index contributed by atoms with van der Waals surface area (Å²) in [5, 5.41) is 41.1. The first-order valence-electron chi connectivity index (χ1n) is 20.4. The molecular formula is C45H53Br2N3O10. The number of hydrogen-bond acceptors (Lipinski definition) is 11. The van der Waals surface area contributed by atoms with Crippen molar-refractivity contribution in [2.24, 2.45) is 11.8 Å². The van der Waals surface area contributed by atoms with Gasteiger partial charge in [0.25, 0.3) is 0 Å². The SMILES string of the molecule is Cc1c(COc2nc(OCC3CC3)c(CCC[C@@H](O)CC(=O)O)cc2Br)cccc1-c1cccc(COc2nc(OCC3CC3)c(CNC[C@@H](O)CC(=O)O)cc2Br)c1C. The Morgan fingerprint density at radius 1 is 0.700 bits per heavy atom. The van der Waals surface area contributed by atoms with E-state index in [0.29, 0.717) is 83.3 Å². The Bertz CT molecular complexity index is 1980. The lowest BCUT2D eigenvalue weighted by molar-refractivity contribution is -0.140. The number of pyridine rings is 2. The third-order valence-corrected chi connectivity index (χ3v) is 11.8. The first-order chi connectivity index (χ1) is 28.8. The van der Waals surface area contributed by atoms with Crippen LogP contribution in [0.5, 0.6) is 23.5 Å². The normalized spacial score (nSPS) is 14.7. The highest BCUT2D eigenvalue weighted by atomic mass is 79.9. The number of halogens is 2. The molecule has 2 aliphatic carbocycles. The molecule has 0 unspecified atom stereocenters. The number of aliphatic carboxylic acids is 2. The van der Waals surface area contributed by atoms with E-state index in [0.717, 1.165) is 70.2 Å². The summed E-state index contributed by atoms with van der Waals surface area (Å²) in [6.45, 7) is 6.26. The summed E-state index contributed by atoms with van der Waals surface area (Å²) in [7, 11) is 0. The van der Waals surface area contributed by atoms with Gasteiger partial charge in [-0.15, -0.1) is 0 Å². The number of benzene rings is 2. The fourth-order valence-corrected chi connectivity index (χ4v) is 7.70. The topological polar surface area (TPSA) is 190 Å². The molecule has 2 fully saturated rings. The van der Waals surface area contributed by atoms with Crippen molar-refractivity contribution in [3.05, 3.63) is 90.9 Å². The van der Waals surface area contributed by atoms with Crippen LogP contribution in [0, 0.1) is 25.7 Å². The molecule has 2 aromatic carbocycles. The highest BCUT2D eigenvalue weighted by Gasteiger charge is 2.25. The van der Waals surface area contributed by atoms with Gasteiger partial charge in [-0.05, 0) is 148 Å². The second kappa shape index (κ2) is 21.5. The number of carboxylic acids is 2. The van der Waals surface area contributed by atoms with Crippen LogP contribution in [-0.2, 0) is 35.8 Å². The first kappa shape index (κ1) is 45.3. The number of carbonyl (C=O) groups is 2. The van der Waals surface area contributed by atoms with Crippen LogP contribution in [0.3, 0.4) is 0 Å². The summed E-state index contributed by atoms with van der Waals surface area (Å²) in [4.78, 5) is 31.4. The molecule has 2 heterocycles. The lowest BCUT2D eigenvalue weighted by atomic mass is 9.92. The van der Waals surface area contributed by atoms with E-state index in [4.69, 9.17) is 39.1 Å². The summed E-state index contributed by atoms with van der Waals surface area (Å²) in [6, 6.07) is 16.1. The highest BCUT2D eigenvalue weighted by molar-refractivity contribution is 9.10. The third kappa shape index (κ3) is 13.4. The Morgan fingerprint density at radius 3 is 1.68 bits per heavy atom. The second-order valence-electron chi connectivity index (χ2n) is 15.8. The zero-order valence-corrected chi connectivity index (χ0v) is 37.1. The Labute approximate surface area is 367 Å². The fraction of sp³-hybridized carbons (Fsp3) is 0.467. The van der Waals surface area contributed by atoms with Crippen LogP contribution in [0.25, 0.3) is 11.1 Å². The van der Waals surface area contributed by atoms with Crippen molar-refractivity contribution in [1.82, 2.24) is 15.3 Å². The molecule has 6 rings (SSSR count). The molecule has 13 nitrogen and oxygen atoms in total. The molecule has 0 saturated heterocycles. The number of aryl methyl sites for hydroxylation is 1. The molecule has 322 valence electrons. The number of hydrogen-bond donors (Lipinski definition) is 5. The number of nitrogens with zero attached hydrogens (tertiary/aromatic N) is 2. The zero-order chi connectivity index (χ0) is 42.8. The Kier molecular flexibility index (Phi) is 16.2. The van der Waals surface area contributed by atoms with Crippen LogP contribution in [0.4, 0.5) is 0 Å². The first-order valence-corrected chi connectivity index (χ1v) is 22.0. The van der Waals surface area contributed by atoms with Crippen LogP contribution < -0.4 is 24.3 Å². The van der Waals surface area contributed by atoms with E-state index in [1.807, 2.05) is 36.4 Å². The number of rotatable bonds is 25. The maximum Gasteiger partial charge on any atom is 0.306 e. The van der Waals surface area contributed by atoms with Crippen molar-refractivity contribution in [1.29, 1.82) is 0 Å². The number of aromatic nitrogens is 2. The van der Waals surface area contributed by atoms with Gasteiger partial charge in [0.1, 0.15) is 13.2 Å². The Balaban J connectivity index is 1.13. The van der Waals surface area contributed by atoms with E-state index >= 15 is 0 Å². The average Bonchev–Trinajstić information content (AvgIpc) is 4.14. The molecule has 0 spiro atoms. The monoisotopic (exact) mass is 953 g/mol. The third-order valence-electron chi connectivity index (χ3n) is 10.7. The zero-order valence-electron chi connectivity index (χ0n) is 33.9. The van der Waals surface area contributed by atoms with Crippen molar-refractivity contribution < 1.29 is 49.0 Å². The molecule has 15 heteroatoms. The maximum absolute atomic E-state index is 11.0. The van der Waals surface area contributed by atoms with Crippen molar-refractivity contribution in [3.63, 3.8) is 0 Å². The van der Waals surface area contributed by atoms with Crippen molar-refractivity contribution in [2.75, 3.05) is 19.8 Å². The van der Waals surface area contributed by atoms with E-state index in [1.54, 1.807) is 0 Å². The number of ether oxygens (including phenoxy) is 4. The van der Waals surface area contributed by atoms with Gasteiger partial charge in [0.15, 0.2) is 0 Å². The molecule has 60 heavy (non-hydrogen) atoms. The van der Waals surface area contributed by atoms with Gasteiger partial charge in [0.2, 0.25) is 23.5 Å². The van der Waals surface area contributed by atoms with Crippen LogP contribution in [0.1, 0.15) is 84.7 Å². The van der Waals surface area contributed by atoms with Crippen molar-refractivity contribution in [2.45, 2.75) is 104 Å². The summed E-state index contributed by atoms with van der Waals surface area (Å²) in [6.07, 6.45) is 3.49. The quantitative estimate of drug-likeness (QED) is 0.0429. The number of carboxylic acid groups (broad SMARTS) is 2. The molecule has 0 radical (unpaired) electrons. The van der Waals surface area contributed by atoms with E-state index in [2.05, 4.69) is 63.2 Å². The molecule has 2 aromatic heterocycles. The van der Waals surface area contributed by atoms with Gasteiger partial charge in [0.05, 0.1) is 47.2 Å². The summed E-state index contributed by atoms with van der Waals surface area (Å²) in [5.74, 6) is 0.680. The molecule has 0 bridgehead atoms. The predicted molar refractivity (Wildman–Crippen MR) is 231 cm³/mol. The van der Waals surface area contributed by atoms with Gasteiger partial charge in [-0.3, -0.25) is 9.59 Å². The smallest absolute Gasteiger partial charge is 0.306 e. The second-order valence-corrected chi connectivity index (χ2v) is 17.5. The molecule has 4 aromatic rings. The van der Waals surface area contributed by atoms with Crippen LogP contribution >= 0.6 is 31.9 Å². The minimum absolute atomic E-state index is 0.114. The standard InChI is InChI=1S/C45H53Br2N3O10/c1-26-31(24-59-44-38(46)16-30(6-3-9-34(51)18-40(53)54)42(49-44)57-22-28-12-13-28)7-4-10-36(26)37-11-5-8-32(27(37)2)25-60-45-39(47)17-33(20-48-21-35(52)19-41(55)56)43(50-45)58-23-29-14-15-29/h4-5,7-8,10-11,16-17,28-29,34-35,48,51-52H,3,6,9,12-15,18-25H2,1-2H3,(H,53,54)(H,55,56)/t34-,35+/m1/s1. The Morgan fingerprint density at radius 2 is 1.18 bits per heavy atom. The maximum atomic E-state index is 11.0. The van der Waals surface area contributed by atoms with E-state index in [1.165, 1.54) is 0 Å². The van der Waals surface area contributed by atoms with E-state index in [-0.39, 0.29) is 32.6 Å². The van der Waals surface area contributed by atoms with E-state index < -0.39 is 24.1 Å². The van der Waals surface area contributed by atoms with Gasteiger partial charge in [-0.2, -0.15) is 9.97 Å². The molecule has 0 amide bonds. The minimum Gasteiger partial charge on any atom is -0.481 e. The number of nitrogens with one attached hydrogen (secondary N) is 1. The largest absolute Gasteiger partial charge is 0.481 e. The number of aliphatic hydroxyl groups excluding tert-OH is 2. The Hall–Kier alpha value is -4.28. The molecular weight excluding hydrogens is 902 g/mol. The minimum atomic E-state index is -1.06. The summed E-state index contributed by atoms with van der Waals surface area (Å²) < 4.78 is 26.2. The average molecular weight is 956 g/mol. The highest BCUT2D eigenvalue weighted by Crippen LogP contribution is 2.37. The van der Waals surface area contributed by atoms with Crippen LogP contribution in [0.2, 0.25) is 0 Å². The summed E-state index contributed by atoms with van der Waals surface area (Å²) >= 11 is 7.26. The molecule has 2 atom stereocenters. The lowest BCUT2D eigenvalue weighted by Crippen LogP contribution is -2.28. The van der Waals surface area contributed by atoms with Crippen LogP contribution in [0.15, 0.2) is 57.5 Å². The summed E-state index contributed by atoms with van der Waals surface area (Å²) in [5.41, 5.74) is 7.89. The molecule has 0 aliphatic heterocycles. The fourth-order valence-electron chi connectivity index (χ4n) is 6.74. The molecule has 2 saturated carbocycles. The predicted octanol–water partition coefficient (Wildman–Crippen LogP) is 8.10. The van der Waals surface area contributed by atoms with E-state index in [9.17, 15) is 19.8 Å². The van der Waals surface area contributed by atoms with Gasteiger partial charge >= 0.3 is 11.9 Å². The molecule has 5 N–H and O–H groups in total. The van der Waals surface area contributed by atoms with Gasteiger partial charge in [-0.1, -0.05) is 36.4 Å². The van der Waals surface area contributed by atoms with Gasteiger partial charge < -0.3 is 44.7 Å². The number of aliphatic hydroxyl groups is 2. The van der Waals surface area contributed by atoms with Crippen molar-refractivity contribution in [3.8, 4) is 34.6 Å². The van der Waals surface area contributed by atoms with Crippen LogP contribution in [-0.4, -0.2) is 74.3 Å². The van der Waals surface area contributed by atoms with Gasteiger partial charge in [-0.25, -0.2) is 0 Å². The van der Waals surface area contributed by atoms with Crippen molar-refractivity contribution >= 4 is 43.8 Å². The van der Waals surface area contributed by atoms with Gasteiger partial charge in [0, 0.05) is 24.2 Å². The lowest BCUT2D eigenvalue weighted by Gasteiger charge is -2.18. The molecule has 2 aliphatic rings.